The van der Waals surface area contributed by atoms with Crippen molar-refractivity contribution in [2.75, 3.05) is 27.3 Å². The molecular weight excluding hydrogens is 255 g/mol. The molecule has 102 valence electrons. The zero-order valence-electron chi connectivity index (χ0n) is 10.7. The van der Waals surface area contributed by atoms with Gasteiger partial charge in [0.2, 0.25) is 0 Å². The third-order valence-corrected chi connectivity index (χ3v) is 3.14. The van der Waals surface area contributed by atoms with Gasteiger partial charge >= 0.3 is 0 Å². The molecule has 1 aliphatic carbocycles. The van der Waals surface area contributed by atoms with Crippen LogP contribution in [0.1, 0.15) is 27.4 Å². The Balaban J connectivity index is 2.52. The number of rotatable bonds is 4. The summed E-state index contributed by atoms with van der Waals surface area (Å²) >= 11 is 0. The molecule has 1 aromatic carbocycles. The number of benzene rings is 1. The fourth-order valence-corrected chi connectivity index (χ4v) is 2.33. The lowest BCUT2D eigenvalue weighted by molar-refractivity contribution is 0.0958. The van der Waals surface area contributed by atoms with Crippen LogP contribution in [-0.2, 0) is 0 Å². The molecule has 5 heteroatoms. The number of hydrogen-bond acceptors (Lipinski definition) is 2. The summed E-state index contributed by atoms with van der Waals surface area (Å²) in [5.74, 6) is -2.51. The van der Waals surface area contributed by atoms with E-state index in [2.05, 4.69) is 0 Å². The Morgan fingerprint density at radius 3 is 2.58 bits per heavy atom. The van der Waals surface area contributed by atoms with Gasteiger partial charge < -0.3 is 4.90 Å². The Morgan fingerprint density at radius 2 is 2.00 bits per heavy atom. The van der Waals surface area contributed by atoms with Crippen molar-refractivity contribution in [1.82, 2.24) is 4.90 Å². The quantitative estimate of drug-likeness (QED) is 0.783. The summed E-state index contributed by atoms with van der Waals surface area (Å²) in [6.07, 6.45) is 1.20. The monoisotopic (exact) mass is 269 g/mol. The molecule has 0 amide bonds. The number of carbonyl (C=O) groups is 1. The lowest BCUT2D eigenvalue weighted by Crippen LogP contribution is -2.20. The summed E-state index contributed by atoms with van der Waals surface area (Å²) in [7, 11) is 3.55. The van der Waals surface area contributed by atoms with Gasteiger partial charge in [-0.05, 0) is 43.4 Å². The normalized spacial score (nSPS) is 17.6. The fourth-order valence-electron chi connectivity index (χ4n) is 2.33. The van der Waals surface area contributed by atoms with Gasteiger partial charge in [-0.1, -0.05) is 0 Å². The number of alkyl halides is 1. The number of likely N-dealkylation sites (N-methyl/N-ethyl adjacent to an activating group) is 1. The van der Waals surface area contributed by atoms with Crippen molar-refractivity contribution in [3.8, 4) is 0 Å². The highest BCUT2D eigenvalue weighted by atomic mass is 19.1. The van der Waals surface area contributed by atoms with Crippen molar-refractivity contribution in [2.24, 2.45) is 0 Å². The summed E-state index contributed by atoms with van der Waals surface area (Å²) in [6.45, 7) is -0.855. The van der Waals surface area contributed by atoms with Crippen molar-refractivity contribution in [3.63, 3.8) is 0 Å². The minimum atomic E-state index is -1.22. The SMILES string of the molecule is CN(C)CC1C(F)=Cc2c(C(=O)CF)cc(F)cc21. The summed E-state index contributed by atoms with van der Waals surface area (Å²) in [5, 5.41) is 0. The molecule has 0 aliphatic heterocycles. The molecule has 2 nitrogen and oxygen atoms in total. The van der Waals surface area contributed by atoms with E-state index >= 15 is 0 Å². The Morgan fingerprint density at radius 1 is 1.32 bits per heavy atom. The van der Waals surface area contributed by atoms with E-state index in [0.717, 1.165) is 6.07 Å². The van der Waals surface area contributed by atoms with Crippen LogP contribution < -0.4 is 0 Å². The maximum Gasteiger partial charge on any atom is 0.194 e. The van der Waals surface area contributed by atoms with Crippen LogP contribution in [0.4, 0.5) is 13.2 Å². The minimum Gasteiger partial charge on any atom is -0.308 e. The number of ketones is 1. The first-order valence-corrected chi connectivity index (χ1v) is 5.88. The topological polar surface area (TPSA) is 20.3 Å². The predicted octanol–water partition coefficient (Wildman–Crippen LogP) is 2.95. The van der Waals surface area contributed by atoms with Crippen LogP contribution in [0.25, 0.3) is 6.08 Å². The molecule has 0 saturated carbocycles. The van der Waals surface area contributed by atoms with Crippen molar-refractivity contribution in [1.29, 1.82) is 0 Å². The highest BCUT2D eigenvalue weighted by Gasteiger charge is 2.30. The second-order valence-electron chi connectivity index (χ2n) is 4.86. The number of fused-ring (bicyclic) bond motifs is 1. The second-order valence-corrected chi connectivity index (χ2v) is 4.86. The van der Waals surface area contributed by atoms with E-state index in [1.165, 1.54) is 12.1 Å². The third-order valence-electron chi connectivity index (χ3n) is 3.14. The molecule has 0 radical (unpaired) electrons. The van der Waals surface area contributed by atoms with E-state index in [0.29, 0.717) is 17.7 Å². The van der Waals surface area contributed by atoms with Crippen molar-refractivity contribution < 1.29 is 18.0 Å². The Hall–Kier alpha value is -1.62. The van der Waals surface area contributed by atoms with E-state index in [9.17, 15) is 18.0 Å². The molecule has 0 aromatic heterocycles. The predicted molar refractivity (Wildman–Crippen MR) is 67.1 cm³/mol. The largest absolute Gasteiger partial charge is 0.308 e. The van der Waals surface area contributed by atoms with Crippen molar-refractivity contribution in [3.05, 3.63) is 40.5 Å². The number of nitrogens with zero attached hydrogens (tertiary/aromatic N) is 1. The molecule has 0 bridgehead atoms. The molecule has 1 aromatic rings. The number of carbonyl (C=O) groups excluding carboxylic acids is 1. The van der Waals surface area contributed by atoms with Gasteiger partial charge in [0.1, 0.15) is 11.6 Å². The molecule has 0 N–H and O–H groups in total. The van der Waals surface area contributed by atoms with Crippen molar-refractivity contribution in [2.45, 2.75) is 5.92 Å². The lowest BCUT2D eigenvalue weighted by Gasteiger charge is -2.18. The van der Waals surface area contributed by atoms with E-state index in [4.69, 9.17) is 0 Å². The third kappa shape index (κ3) is 2.56. The molecule has 2 rings (SSSR count). The average molecular weight is 269 g/mol. The fraction of sp³-hybridized carbons (Fsp3) is 0.357. The highest BCUT2D eigenvalue weighted by molar-refractivity contribution is 6.01. The molecule has 1 unspecified atom stereocenters. The van der Waals surface area contributed by atoms with Crippen LogP contribution in [0.3, 0.4) is 0 Å². The molecular formula is C14H14F3NO. The maximum absolute atomic E-state index is 13.9. The summed E-state index contributed by atoms with van der Waals surface area (Å²) in [5.41, 5.74) is 0.616. The molecule has 1 aliphatic rings. The van der Waals surface area contributed by atoms with Gasteiger partial charge in [0, 0.05) is 18.0 Å². The van der Waals surface area contributed by atoms with Crippen LogP contribution in [0.15, 0.2) is 18.0 Å². The van der Waals surface area contributed by atoms with Crippen LogP contribution in [-0.4, -0.2) is 38.0 Å². The van der Waals surface area contributed by atoms with Gasteiger partial charge in [0.25, 0.3) is 0 Å². The minimum absolute atomic E-state index is 0.0890. The number of halogens is 3. The van der Waals surface area contributed by atoms with Crippen LogP contribution in [0.2, 0.25) is 0 Å². The van der Waals surface area contributed by atoms with Crippen LogP contribution >= 0.6 is 0 Å². The number of hydrogen-bond donors (Lipinski definition) is 0. The Labute approximate surface area is 109 Å². The molecule has 0 heterocycles. The Kier molecular flexibility index (Phi) is 3.75. The maximum atomic E-state index is 13.9. The lowest BCUT2D eigenvalue weighted by atomic mass is 9.95. The second kappa shape index (κ2) is 5.17. The van der Waals surface area contributed by atoms with Gasteiger partial charge in [-0.3, -0.25) is 4.79 Å². The van der Waals surface area contributed by atoms with E-state index in [-0.39, 0.29) is 5.56 Å². The van der Waals surface area contributed by atoms with E-state index in [1.807, 2.05) is 0 Å². The first-order valence-electron chi connectivity index (χ1n) is 5.88. The van der Waals surface area contributed by atoms with Gasteiger partial charge in [0.05, 0.1) is 0 Å². The zero-order valence-corrected chi connectivity index (χ0v) is 10.7. The summed E-state index contributed by atoms with van der Waals surface area (Å²) < 4.78 is 39.9. The zero-order chi connectivity index (χ0) is 14.2. The van der Waals surface area contributed by atoms with Gasteiger partial charge in [-0.25, -0.2) is 13.2 Å². The van der Waals surface area contributed by atoms with Crippen LogP contribution in [0.5, 0.6) is 0 Å². The highest BCUT2D eigenvalue weighted by Crippen LogP contribution is 2.39. The molecule has 0 spiro atoms. The molecule has 1 atom stereocenters. The first-order chi connectivity index (χ1) is 8.93. The Bertz CT molecular complexity index is 552. The van der Waals surface area contributed by atoms with Gasteiger partial charge in [-0.2, -0.15) is 0 Å². The summed E-state index contributed by atoms with van der Waals surface area (Å²) in [6, 6.07) is 2.17. The van der Waals surface area contributed by atoms with Crippen molar-refractivity contribution >= 4 is 11.9 Å². The van der Waals surface area contributed by atoms with E-state index in [1.54, 1.807) is 19.0 Å². The molecule has 0 fully saturated rings. The standard InChI is InChI=1S/C14H14F3NO/c1-18(2)7-12-9-3-8(16)4-11(14(19)6-15)10(9)5-13(12)17/h3-5,12H,6-7H2,1-2H3. The molecule has 19 heavy (non-hydrogen) atoms. The van der Waals surface area contributed by atoms with Gasteiger partial charge in [-0.15, -0.1) is 0 Å². The molecule has 0 saturated heterocycles. The smallest absolute Gasteiger partial charge is 0.194 e. The van der Waals surface area contributed by atoms with E-state index < -0.39 is 30.0 Å². The first kappa shape index (κ1) is 13.8. The average Bonchev–Trinajstić information content (AvgIpc) is 2.64. The summed E-state index contributed by atoms with van der Waals surface area (Å²) in [4.78, 5) is 13.2. The van der Waals surface area contributed by atoms with Gasteiger partial charge in [0.15, 0.2) is 12.5 Å². The number of Topliss-reactive ketones (excluding diaryl/α,β-unsaturated/α-hetero) is 1. The van der Waals surface area contributed by atoms with Crippen LogP contribution in [0, 0.1) is 5.82 Å².